The van der Waals surface area contributed by atoms with Crippen molar-refractivity contribution in [2.45, 2.75) is 37.8 Å². The van der Waals surface area contributed by atoms with Crippen LogP contribution in [0, 0.1) is 0 Å². The third kappa shape index (κ3) is 8.60. The fourth-order valence-corrected chi connectivity index (χ4v) is 2.37. The van der Waals surface area contributed by atoms with Crippen LogP contribution in [0.2, 0.25) is 0 Å². The van der Waals surface area contributed by atoms with Gasteiger partial charge in [-0.1, -0.05) is 0 Å². The van der Waals surface area contributed by atoms with E-state index in [0.717, 1.165) is 0 Å². The molecule has 9 N–H and O–H groups in total. The molecule has 0 fully saturated rings. The summed E-state index contributed by atoms with van der Waals surface area (Å²) in [6.07, 6.45) is 4.50. The van der Waals surface area contributed by atoms with Crippen LogP contribution >= 0.6 is 0 Å². The number of aliphatic carboxylic acids is 1. The first-order chi connectivity index (χ1) is 13.4. The van der Waals surface area contributed by atoms with Crippen molar-refractivity contribution in [1.82, 2.24) is 25.9 Å². The zero-order valence-electron chi connectivity index (χ0n) is 15.4. The van der Waals surface area contributed by atoms with Crippen molar-refractivity contribution in [3.8, 4) is 0 Å². The highest BCUT2D eigenvalue weighted by Crippen LogP contribution is 2.01. The Kier molecular flexibility index (Phi) is 10.2. The molecule has 1 heterocycles. The van der Waals surface area contributed by atoms with E-state index in [1.165, 1.54) is 12.5 Å². The Morgan fingerprint density at radius 2 is 1.82 bits per heavy atom. The summed E-state index contributed by atoms with van der Waals surface area (Å²) in [5, 5.41) is 16.4. The molecule has 0 saturated heterocycles. The number of hydrogen-bond acceptors (Lipinski definition) is 7. The van der Waals surface area contributed by atoms with Gasteiger partial charge in [0.05, 0.1) is 19.4 Å². The molecule has 28 heavy (non-hydrogen) atoms. The molecule has 0 aromatic carbocycles. The number of unbranched alkanes of at least 4 members (excludes halogenated alkanes) is 1. The second kappa shape index (κ2) is 12.4. The van der Waals surface area contributed by atoms with Crippen molar-refractivity contribution in [3.05, 3.63) is 18.2 Å². The Hall–Kier alpha value is -2.99. The second-order valence-corrected chi connectivity index (χ2v) is 6.07. The number of nitrogens with zero attached hydrogens (tertiary/aromatic N) is 1. The monoisotopic (exact) mass is 397 g/mol. The maximum atomic E-state index is 12.3. The number of nitrogens with one attached hydrogen (secondary N) is 4. The van der Waals surface area contributed by atoms with Crippen molar-refractivity contribution in [2.24, 2.45) is 11.5 Å². The zero-order chi connectivity index (χ0) is 20.9. The maximum Gasteiger partial charge on any atom is 0.326 e. The van der Waals surface area contributed by atoms with Crippen LogP contribution in [0.3, 0.4) is 0 Å². The summed E-state index contributed by atoms with van der Waals surface area (Å²) in [4.78, 5) is 53.6. The first kappa shape index (κ1) is 23.0. The minimum atomic E-state index is -1.22. The topological polar surface area (TPSA) is 205 Å². The molecule has 1 aromatic heterocycles. The molecule has 0 saturated carbocycles. The predicted molar refractivity (Wildman–Crippen MR) is 98.8 cm³/mol. The van der Waals surface area contributed by atoms with Crippen molar-refractivity contribution in [2.75, 3.05) is 19.6 Å². The number of rotatable bonds is 13. The lowest BCUT2D eigenvalue weighted by Crippen LogP contribution is -2.51. The highest BCUT2D eigenvalue weighted by atomic mass is 16.4. The third-order valence-corrected chi connectivity index (χ3v) is 3.82. The van der Waals surface area contributed by atoms with Crippen molar-refractivity contribution >= 4 is 23.7 Å². The maximum absolute atomic E-state index is 12.3. The molecule has 0 spiro atoms. The average molecular weight is 397 g/mol. The minimum Gasteiger partial charge on any atom is -0.480 e. The Morgan fingerprint density at radius 3 is 2.39 bits per heavy atom. The van der Waals surface area contributed by atoms with Gasteiger partial charge in [-0.25, -0.2) is 9.78 Å². The van der Waals surface area contributed by atoms with E-state index in [-0.39, 0.29) is 13.0 Å². The standard InChI is InChI=1S/C16H27N7O5/c17-4-2-1-3-11(22-13(24)6-18)15(26)20-8-14(25)23-12(16(27)28)5-10-7-19-9-21-10/h7,9,11-12H,1-6,8,17-18H2,(H,19,21)(H,20,26)(H,22,24)(H,23,25)(H,27,28). The van der Waals surface area contributed by atoms with Gasteiger partial charge in [0.1, 0.15) is 12.1 Å². The Bertz CT molecular complexity index is 650. The van der Waals surface area contributed by atoms with Crippen molar-refractivity contribution in [3.63, 3.8) is 0 Å². The third-order valence-electron chi connectivity index (χ3n) is 3.82. The van der Waals surface area contributed by atoms with Crippen molar-refractivity contribution < 1.29 is 24.3 Å². The summed E-state index contributed by atoms with van der Waals surface area (Å²) in [6, 6.07) is -2.03. The molecule has 2 atom stereocenters. The number of carbonyl (C=O) groups is 4. The van der Waals surface area contributed by atoms with Gasteiger partial charge in [0.15, 0.2) is 0 Å². The van der Waals surface area contributed by atoms with E-state index in [0.29, 0.717) is 31.5 Å². The SMILES string of the molecule is NCCCCC(NC(=O)CN)C(=O)NCC(=O)NC(Cc1cnc[nH]1)C(=O)O. The molecular formula is C16H27N7O5. The molecule has 2 unspecified atom stereocenters. The van der Waals surface area contributed by atoms with Gasteiger partial charge >= 0.3 is 5.97 Å². The minimum absolute atomic E-state index is 0.0172. The van der Waals surface area contributed by atoms with Crippen LogP contribution in [-0.2, 0) is 25.6 Å². The van der Waals surface area contributed by atoms with Gasteiger partial charge in [-0.05, 0) is 25.8 Å². The van der Waals surface area contributed by atoms with Crippen molar-refractivity contribution in [1.29, 1.82) is 0 Å². The number of nitrogens with two attached hydrogens (primary N) is 2. The molecule has 1 aromatic rings. The molecule has 12 nitrogen and oxygen atoms in total. The van der Waals surface area contributed by atoms with E-state index in [4.69, 9.17) is 11.5 Å². The highest BCUT2D eigenvalue weighted by Gasteiger charge is 2.23. The number of H-pyrrole nitrogens is 1. The molecule has 0 aliphatic rings. The van der Waals surface area contributed by atoms with Gasteiger partial charge < -0.3 is 37.5 Å². The number of imidazole rings is 1. The van der Waals surface area contributed by atoms with Gasteiger partial charge in [0.25, 0.3) is 0 Å². The van der Waals surface area contributed by atoms with Crippen LogP contribution in [-0.4, -0.2) is 70.5 Å². The molecule has 0 aliphatic carbocycles. The van der Waals surface area contributed by atoms with Crippen LogP contribution in [0.25, 0.3) is 0 Å². The zero-order valence-corrected chi connectivity index (χ0v) is 15.4. The number of amides is 3. The van der Waals surface area contributed by atoms with E-state index in [1.807, 2.05) is 0 Å². The quantitative estimate of drug-likeness (QED) is 0.173. The van der Waals surface area contributed by atoms with E-state index < -0.39 is 42.3 Å². The molecule has 0 aliphatic heterocycles. The molecule has 0 bridgehead atoms. The number of aromatic amines is 1. The summed E-state index contributed by atoms with van der Waals surface area (Å²) in [5.41, 5.74) is 11.2. The number of hydrogen-bond donors (Lipinski definition) is 7. The molecular weight excluding hydrogens is 370 g/mol. The van der Waals surface area contributed by atoms with Gasteiger partial charge in [-0.15, -0.1) is 0 Å². The fourth-order valence-electron chi connectivity index (χ4n) is 2.37. The number of carbonyl (C=O) groups excluding carboxylic acids is 3. The van der Waals surface area contributed by atoms with Gasteiger partial charge in [0.2, 0.25) is 17.7 Å². The Morgan fingerprint density at radius 1 is 1.11 bits per heavy atom. The lowest BCUT2D eigenvalue weighted by Gasteiger charge is -2.19. The van der Waals surface area contributed by atoms with Gasteiger partial charge in [-0.2, -0.15) is 0 Å². The second-order valence-electron chi connectivity index (χ2n) is 6.07. The molecule has 12 heteroatoms. The van der Waals surface area contributed by atoms with Gasteiger partial charge in [-0.3, -0.25) is 14.4 Å². The first-order valence-electron chi connectivity index (χ1n) is 8.84. The lowest BCUT2D eigenvalue weighted by atomic mass is 10.1. The summed E-state index contributed by atoms with van der Waals surface area (Å²) in [7, 11) is 0. The van der Waals surface area contributed by atoms with E-state index in [1.54, 1.807) is 0 Å². The molecule has 3 amide bonds. The van der Waals surface area contributed by atoms with E-state index in [2.05, 4.69) is 25.9 Å². The van der Waals surface area contributed by atoms with Gasteiger partial charge in [0, 0.05) is 18.3 Å². The molecule has 156 valence electrons. The van der Waals surface area contributed by atoms with Crippen LogP contribution < -0.4 is 27.4 Å². The largest absolute Gasteiger partial charge is 0.480 e. The predicted octanol–water partition coefficient (Wildman–Crippen LogP) is -2.79. The number of carboxylic acids is 1. The normalized spacial score (nSPS) is 12.6. The highest BCUT2D eigenvalue weighted by molar-refractivity contribution is 5.91. The number of carboxylic acid groups (broad SMARTS) is 1. The molecule has 0 radical (unpaired) electrons. The Balaban J connectivity index is 2.54. The fraction of sp³-hybridized carbons (Fsp3) is 0.562. The lowest BCUT2D eigenvalue weighted by molar-refractivity contribution is -0.141. The summed E-state index contributed by atoms with van der Waals surface area (Å²) in [6.45, 7) is -0.249. The summed E-state index contributed by atoms with van der Waals surface area (Å²) in [5.74, 6) is -2.95. The summed E-state index contributed by atoms with van der Waals surface area (Å²) < 4.78 is 0. The Labute approximate surface area is 161 Å². The average Bonchev–Trinajstić information content (AvgIpc) is 3.17. The van der Waals surface area contributed by atoms with E-state index in [9.17, 15) is 24.3 Å². The van der Waals surface area contributed by atoms with Crippen LogP contribution in [0.15, 0.2) is 12.5 Å². The summed E-state index contributed by atoms with van der Waals surface area (Å²) >= 11 is 0. The number of aromatic nitrogens is 2. The van der Waals surface area contributed by atoms with Crippen LogP contribution in [0.4, 0.5) is 0 Å². The smallest absolute Gasteiger partial charge is 0.326 e. The molecule has 1 rings (SSSR count). The van der Waals surface area contributed by atoms with Crippen LogP contribution in [0.5, 0.6) is 0 Å². The van der Waals surface area contributed by atoms with E-state index >= 15 is 0 Å². The van der Waals surface area contributed by atoms with Crippen LogP contribution in [0.1, 0.15) is 25.0 Å². The first-order valence-corrected chi connectivity index (χ1v) is 8.84.